The smallest absolute Gasteiger partial charge is 0.223 e. The highest BCUT2D eigenvalue weighted by Gasteiger charge is 2.59. The minimum Gasteiger partial charge on any atom is -0.369 e. The van der Waals surface area contributed by atoms with Gasteiger partial charge in [-0.2, -0.15) is 0 Å². The van der Waals surface area contributed by atoms with Crippen molar-refractivity contribution in [3.63, 3.8) is 0 Å². The summed E-state index contributed by atoms with van der Waals surface area (Å²) < 4.78 is 2.31. The molecule has 0 aliphatic heterocycles. The van der Waals surface area contributed by atoms with Gasteiger partial charge in [-0.25, -0.2) is 4.98 Å². The zero-order valence-electron chi connectivity index (χ0n) is 27.4. The van der Waals surface area contributed by atoms with E-state index in [4.69, 9.17) is 10.7 Å². The number of aromatic nitrogens is 2. The third-order valence-electron chi connectivity index (χ3n) is 11.8. The Kier molecular flexibility index (Phi) is 7.09. The van der Waals surface area contributed by atoms with Crippen molar-refractivity contribution in [1.82, 2.24) is 9.55 Å². The molecular weight excluding hydrogens is 574 g/mol. The molecular formula is C43H43N3O. The Labute approximate surface area is 278 Å². The summed E-state index contributed by atoms with van der Waals surface area (Å²) in [7, 11) is 0. The molecule has 4 fully saturated rings. The number of carbonyl (C=O) groups excluding carboxylic acids is 1. The third kappa shape index (κ3) is 4.80. The highest BCUT2D eigenvalue weighted by atomic mass is 16.1. The molecule has 2 atom stereocenters. The first-order valence-corrected chi connectivity index (χ1v) is 17.1. The van der Waals surface area contributed by atoms with Crippen LogP contribution < -0.4 is 5.73 Å². The number of nitrogens with zero attached hydrogens (tertiary/aromatic N) is 2. The molecule has 4 bridgehead atoms. The zero-order chi connectivity index (χ0) is 32.2. The van der Waals surface area contributed by atoms with Gasteiger partial charge in [0, 0.05) is 11.8 Å². The lowest BCUT2D eigenvalue weighted by atomic mass is 9.43. The average Bonchev–Trinajstić information content (AvgIpc) is 3.57. The predicted octanol–water partition coefficient (Wildman–Crippen LogP) is 8.84. The molecule has 1 heterocycles. The van der Waals surface area contributed by atoms with E-state index in [1.54, 1.807) is 0 Å². The van der Waals surface area contributed by atoms with Crippen LogP contribution in [0.4, 0.5) is 0 Å². The molecule has 4 nitrogen and oxygen atoms in total. The fraction of sp³-hybridized carbons (Fsp3) is 0.302. The second kappa shape index (κ2) is 11.2. The van der Waals surface area contributed by atoms with Crippen LogP contribution in [-0.2, 0) is 10.3 Å². The third-order valence-corrected chi connectivity index (χ3v) is 11.8. The SMILES string of the molecule is Cc1cccc(/C(=C/C23CC4CC(C2)CC(C(N)=O)(C4)C3)c2cn(C(c3ccccc3)(c3ccccc3)c3ccccc3)cn2)c1C. The maximum atomic E-state index is 13.0. The molecule has 0 saturated heterocycles. The Morgan fingerprint density at radius 2 is 1.34 bits per heavy atom. The van der Waals surface area contributed by atoms with Crippen LogP contribution in [0.3, 0.4) is 0 Å². The summed E-state index contributed by atoms with van der Waals surface area (Å²) in [5, 5.41) is 0. The van der Waals surface area contributed by atoms with Gasteiger partial charge in [-0.15, -0.1) is 0 Å². The van der Waals surface area contributed by atoms with Crippen molar-refractivity contribution in [3.8, 4) is 0 Å². The standard InChI is InChI=1S/C43H43N3O/c1-30-13-12-20-37(31(30)2)38(26-41-22-32-21-33(23-41)25-42(24-32,28-41)40(44)47)39-27-46(29-45-39)43(34-14-6-3-7-15-34,35-16-8-4-9-17-35)36-18-10-5-11-19-36/h3-20,26-27,29,32-33H,21-25,28H2,1-2H3,(H2,44,47)/b38-26-. The number of hydrogen-bond acceptors (Lipinski definition) is 2. The van der Waals surface area contributed by atoms with Crippen molar-refractivity contribution in [2.45, 2.75) is 57.9 Å². The first kappa shape index (κ1) is 29.7. The molecule has 4 aliphatic carbocycles. The molecule has 47 heavy (non-hydrogen) atoms. The topological polar surface area (TPSA) is 60.9 Å². The zero-order valence-corrected chi connectivity index (χ0v) is 27.4. The lowest BCUT2D eigenvalue weighted by Gasteiger charge is -2.60. The van der Waals surface area contributed by atoms with Gasteiger partial charge in [0.15, 0.2) is 0 Å². The number of carbonyl (C=O) groups is 1. The fourth-order valence-electron chi connectivity index (χ4n) is 10.1. The van der Waals surface area contributed by atoms with E-state index in [1.807, 2.05) is 6.33 Å². The molecule has 2 N–H and O–H groups in total. The van der Waals surface area contributed by atoms with Gasteiger partial charge in [0.25, 0.3) is 0 Å². The van der Waals surface area contributed by atoms with E-state index in [9.17, 15) is 4.79 Å². The lowest BCUT2D eigenvalue weighted by Crippen LogP contribution is -2.56. The minimum atomic E-state index is -0.640. The molecule has 1 aromatic heterocycles. The second-order valence-corrected chi connectivity index (χ2v) is 14.7. The van der Waals surface area contributed by atoms with Gasteiger partial charge < -0.3 is 10.3 Å². The molecule has 4 aliphatic rings. The predicted molar refractivity (Wildman–Crippen MR) is 189 cm³/mol. The van der Waals surface area contributed by atoms with Crippen molar-refractivity contribution < 1.29 is 4.79 Å². The van der Waals surface area contributed by atoms with Crippen LogP contribution in [0, 0.1) is 36.5 Å². The summed E-state index contributed by atoms with van der Waals surface area (Å²) in [4.78, 5) is 18.3. The molecule has 4 aromatic carbocycles. The van der Waals surface area contributed by atoms with Crippen LogP contribution in [0.2, 0.25) is 0 Å². The lowest BCUT2D eigenvalue weighted by molar-refractivity contribution is -0.148. The van der Waals surface area contributed by atoms with Gasteiger partial charge in [0.05, 0.1) is 17.4 Å². The van der Waals surface area contributed by atoms with Crippen LogP contribution in [0.1, 0.15) is 77.6 Å². The number of allylic oxidation sites excluding steroid dienone is 1. The van der Waals surface area contributed by atoms with E-state index in [2.05, 4.69) is 140 Å². The maximum Gasteiger partial charge on any atom is 0.223 e. The first-order valence-electron chi connectivity index (χ1n) is 17.1. The number of benzene rings is 4. The Morgan fingerprint density at radius 3 is 1.87 bits per heavy atom. The minimum absolute atomic E-state index is 0.0657. The summed E-state index contributed by atoms with van der Waals surface area (Å²) in [6.45, 7) is 4.41. The normalized spacial score (nSPS) is 25.2. The van der Waals surface area contributed by atoms with E-state index in [0.29, 0.717) is 11.8 Å². The van der Waals surface area contributed by atoms with E-state index in [0.717, 1.165) is 43.4 Å². The highest BCUT2D eigenvalue weighted by molar-refractivity contribution is 5.83. The second-order valence-electron chi connectivity index (χ2n) is 14.7. The van der Waals surface area contributed by atoms with E-state index in [-0.39, 0.29) is 16.7 Å². The Morgan fingerprint density at radius 1 is 0.787 bits per heavy atom. The summed E-state index contributed by atoms with van der Waals surface area (Å²) in [5.41, 5.74) is 14.5. The van der Waals surface area contributed by atoms with Gasteiger partial charge in [0.2, 0.25) is 5.91 Å². The highest BCUT2D eigenvalue weighted by Crippen LogP contribution is 2.66. The maximum absolute atomic E-state index is 13.0. The number of primary amides is 1. The Bertz CT molecular complexity index is 1850. The molecule has 1 amide bonds. The molecule has 236 valence electrons. The summed E-state index contributed by atoms with van der Waals surface area (Å²) >= 11 is 0. The van der Waals surface area contributed by atoms with Crippen LogP contribution in [0.15, 0.2) is 128 Å². The van der Waals surface area contributed by atoms with Gasteiger partial charge >= 0.3 is 0 Å². The van der Waals surface area contributed by atoms with Crippen molar-refractivity contribution in [3.05, 3.63) is 167 Å². The fourth-order valence-corrected chi connectivity index (χ4v) is 10.1. The molecule has 4 heteroatoms. The number of imidazole rings is 1. The van der Waals surface area contributed by atoms with E-state index in [1.165, 1.54) is 39.8 Å². The molecule has 2 unspecified atom stereocenters. The molecule has 9 rings (SSSR count). The Hall–Kier alpha value is -4.70. The number of rotatable bonds is 8. The monoisotopic (exact) mass is 617 g/mol. The van der Waals surface area contributed by atoms with Crippen LogP contribution in [0.5, 0.6) is 0 Å². The van der Waals surface area contributed by atoms with Gasteiger partial charge in [-0.1, -0.05) is 115 Å². The van der Waals surface area contributed by atoms with Crippen molar-refractivity contribution >= 4 is 11.5 Å². The van der Waals surface area contributed by atoms with Gasteiger partial charge in [0.1, 0.15) is 5.54 Å². The molecule has 0 spiro atoms. The number of aryl methyl sites for hydroxylation is 1. The van der Waals surface area contributed by atoms with Gasteiger partial charge in [-0.05, 0) is 103 Å². The number of amides is 1. The van der Waals surface area contributed by atoms with Crippen LogP contribution in [0.25, 0.3) is 5.57 Å². The van der Waals surface area contributed by atoms with E-state index >= 15 is 0 Å². The summed E-state index contributed by atoms with van der Waals surface area (Å²) in [5.74, 6) is 1.01. The summed E-state index contributed by atoms with van der Waals surface area (Å²) in [6.07, 6.45) is 13.0. The molecule has 5 aromatic rings. The van der Waals surface area contributed by atoms with Gasteiger partial charge in [-0.3, -0.25) is 4.79 Å². The average molecular weight is 618 g/mol. The van der Waals surface area contributed by atoms with Crippen molar-refractivity contribution in [2.75, 3.05) is 0 Å². The quantitative estimate of drug-likeness (QED) is 0.177. The van der Waals surface area contributed by atoms with Crippen molar-refractivity contribution in [2.24, 2.45) is 28.4 Å². The molecule has 4 saturated carbocycles. The van der Waals surface area contributed by atoms with Crippen molar-refractivity contribution in [1.29, 1.82) is 0 Å². The van der Waals surface area contributed by atoms with E-state index < -0.39 is 5.54 Å². The Balaban J connectivity index is 1.36. The number of nitrogens with two attached hydrogens (primary N) is 1. The molecule has 0 radical (unpaired) electrons. The number of hydrogen-bond donors (Lipinski definition) is 1. The van der Waals surface area contributed by atoms with Crippen LogP contribution >= 0.6 is 0 Å². The van der Waals surface area contributed by atoms with Crippen LogP contribution in [-0.4, -0.2) is 15.5 Å². The largest absolute Gasteiger partial charge is 0.369 e. The first-order chi connectivity index (χ1) is 22.8. The summed E-state index contributed by atoms with van der Waals surface area (Å²) in [6, 6.07) is 38.9.